The second kappa shape index (κ2) is 13.6. The summed E-state index contributed by atoms with van der Waals surface area (Å²) in [7, 11) is 0. The minimum atomic E-state index is -0.0457. The summed E-state index contributed by atoms with van der Waals surface area (Å²) in [6, 6.07) is 25.5. The Morgan fingerprint density at radius 3 is 2.46 bits per heavy atom. The monoisotopic (exact) mass is 726 g/mol. The van der Waals surface area contributed by atoms with E-state index < -0.39 is 0 Å². The Morgan fingerprint density at radius 2 is 1.66 bits per heavy atom. The van der Waals surface area contributed by atoms with Crippen LogP contribution in [0.3, 0.4) is 0 Å². The van der Waals surface area contributed by atoms with Crippen LogP contribution in [0.5, 0.6) is 0 Å². The van der Waals surface area contributed by atoms with E-state index in [0.717, 1.165) is 48.1 Å². The van der Waals surface area contributed by atoms with Crippen molar-refractivity contribution < 1.29 is 0 Å². The molecule has 4 heteroatoms. The molecule has 3 aromatic rings. The lowest BCUT2D eigenvalue weighted by Gasteiger charge is -2.34. The molecule has 4 nitrogen and oxygen atoms in total. The molecular formula is C52H46N4. The van der Waals surface area contributed by atoms with Gasteiger partial charge in [-0.3, -0.25) is 0 Å². The molecule has 0 saturated carbocycles. The van der Waals surface area contributed by atoms with Crippen molar-refractivity contribution in [2.75, 3.05) is 4.90 Å². The maximum absolute atomic E-state index is 10.8. The predicted molar refractivity (Wildman–Crippen MR) is 226 cm³/mol. The molecule has 0 spiro atoms. The van der Waals surface area contributed by atoms with Gasteiger partial charge in [0.2, 0.25) is 0 Å². The maximum Gasteiger partial charge on any atom is 0.103 e. The van der Waals surface area contributed by atoms with Gasteiger partial charge in [-0.2, -0.15) is 15.8 Å². The van der Waals surface area contributed by atoms with Crippen LogP contribution in [-0.2, 0) is 0 Å². The highest BCUT2D eigenvalue weighted by Gasteiger charge is 2.46. The van der Waals surface area contributed by atoms with Gasteiger partial charge in [-0.05, 0) is 113 Å². The zero-order valence-corrected chi connectivity index (χ0v) is 32.9. The average molecular weight is 727 g/mol. The molecule has 0 aromatic heterocycles. The molecule has 0 saturated heterocycles. The number of hydrogen-bond acceptors (Lipinski definition) is 4. The smallest absolute Gasteiger partial charge is 0.103 e. The second-order valence-electron chi connectivity index (χ2n) is 17.0. The largest absolute Gasteiger partial charge is 0.332 e. The van der Waals surface area contributed by atoms with Gasteiger partial charge in [-0.1, -0.05) is 130 Å². The number of nitrogens with zero attached hydrogens (tertiary/aromatic N) is 4. The lowest BCUT2D eigenvalue weighted by Crippen LogP contribution is -2.29. The first-order valence-electron chi connectivity index (χ1n) is 20.1. The number of anilines is 2. The zero-order valence-electron chi connectivity index (χ0n) is 32.9. The van der Waals surface area contributed by atoms with Crippen molar-refractivity contribution in [3.63, 3.8) is 0 Å². The SMILES string of the molecule is CC1=C(C2=C([C@H](C)c3ccc(-c4ccc(C#N)c(C#N)c4N4c5ccccc5C5C=CC=CC54)cc3C#N)CCC=C2)C=C2C3=C(C=C[C@@H](C)C3)C(C)(C)C2C1. The van der Waals surface area contributed by atoms with Crippen LogP contribution in [0.25, 0.3) is 11.1 Å². The topological polar surface area (TPSA) is 74.6 Å². The standard InChI is InChI=1S/C52H46N4/c1-31-18-23-47-44(24-31)45-27-43(32(2)25-48(45)52(47,4)5)40-13-7-6-12-38(40)33(3)37-21-19-34(26-36(37)29-54)39-22-20-35(28-53)46(30-55)51(39)56-49-16-10-8-14-41(49)42-15-9-11-17-50(42)56/h7-11,13-23,26-27,31,33,41,48-49H,6,12,24-25H2,1-5H3/t31-,33-,41?,48?,49?/m1/s1. The number of rotatable bonds is 5. The molecule has 5 atom stereocenters. The minimum absolute atomic E-state index is 0.0305. The Kier molecular flexibility index (Phi) is 8.60. The third-order valence-electron chi connectivity index (χ3n) is 13.6. The highest BCUT2D eigenvalue weighted by molar-refractivity contribution is 5.91. The zero-order chi connectivity index (χ0) is 38.9. The van der Waals surface area contributed by atoms with Crippen molar-refractivity contribution in [3.8, 4) is 29.3 Å². The molecule has 0 bridgehead atoms. The maximum atomic E-state index is 10.8. The van der Waals surface area contributed by atoms with E-state index >= 15 is 0 Å². The molecule has 0 fully saturated rings. The first-order valence-corrected chi connectivity index (χ1v) is 20.1. The molecule has 3 unspecified atom stereocenters. The predicted octanol–water partition coefficient (Wildman–Crippen LogP) is 12.6. The Bertz CT molecular complexity index is 2610. The van der Waals surface area contributed by atoms with Crippen LogP contribution < -0.4 is 4.90 Å². The van der Waals surface area contributed by atoms with E-state index in [1.54, 1.807) is 11.6 Å². The Hall–Kier alpha value is -6.15. The van der Waals surface area contributed by atoms with Gasteiger partial charge in [0.15, 0.2) is 0 Å². The van der Waals surface area contributed by atoms with Crippen LogP contribution in [-0.4, -0.2) is 6.04 Å². The fraction of sp³-hybridized carbons (Fsp3) is 0.288. The molecule has 0 N–H and O–H groups in total. The van der Waals surface area contributed by atoms with E-state index in [1.807, 2.05) is 18.2 Å². The van der Waals surface area contributed by atoms with Crippen molar-refractivity contribution in [2.24, 2.45) is 17.3 Å². The third-order valence-corrected chi connectivity index (χ3v) is 13.6. The van der Waals surface area contributed by atoms with E-state index in [4.69, 9.17) is 0 Å². The van der Waals surface area contributed by atoms with Gasteiger partial charge in [-0.25, -0.2) is 0 Å². The Morgan fingerprint density at radius 1 is 0.857 bits per heavy atom. The molecule has 0 amide bonds. The number of para-hydroxylation sites is 1. The molecule has 6 aliphatic rings. The van der Waals surface area contributed by atoms with Crippen LogP contribution in [0, 0.1) is 51.2 Å². The van der Waals surface area contributed by atoms with Crippen LogP contribution in [0.15, 0.2) is 148 Å². The van der Waals surface area contributed by atoms with E-state index in [9.17, 15) is 15.8 Å². The van der Waals surface area contributed by atoms with Gasteiger partial charge in [0, 0.05) is 23.1 Å². The van der Waals surface area contributed by atoms with Crippen molar-refractivity contribution >= 4 is 11.4 Å². The minimum Gasteiger partial charge on any atom is -0.332 e. The summed E-state index contributed by atoms with van der Waals surface area (Å²) in [6.07, 6.45) is 24.6. The van der Waals surface area contributed by atoms with Gasteiger partial charge < -0.3 is 4.90 Å². The summed E-state index contributed by atoms with van der Waals surface area (Å²) in [4.78, 5) is 2.23. The summed E-state index contributed by atoms with van der Waals surface area (Å²) in [5.41, 5.74) is 17.2. The van der Waals surface area contributed by atoms with Gasteiger partial charge in [-0.15, -0.1) is 0 Å². The quantitative estimate of drug-likeness (QED) is 0.262. The highest BCUT2D eigenvalue weighted by atomic mass is 15.2. The number of nitriles is 3. The third kappa shape index (κ3) is 5.37. The van der Waals surface area contributed by atoms with Crippen LogP contribution in [0.1, 0.15) is 100.0 Å². The summed E-state index contributed by atoms with van der Waals surface area (Å²) in [5, 5.41) is 31.6. The first kappa shape index (κ1) is 35.5. The van der Waals surface area contributed by atoms with Gasteiger partial charge in [0.1, 0.15) is 12.1 Å². The summed E-state index contributed by atoms with van der Waals surface area (Å²) >= 11 is 0. The lowest BCUT2D eigenvalue weighted by atomic mass is 9.69. The molecule has 1 heterocycles. The van der Waals surface area contributed by atoms with Gasteiger partial charge >= 0.3 is 0 Å². The summed E-state index contributed by atoms with van der Waals surface area (Å²) < 4.78 is 0. The second-order valence-corrected chi connectivity index (χ2v) is 17.0. The van der Waals surface area contributed by atoms with Crippen molar-refractivity contribution in [1.82, 2.24) is 0 Å². The number of benzene rings is 3. The molecule has 5 aliphatic carbocycles. The summed E-state index contributed by atoms with van der Waals surface area (Å²) in [5.74, 6) is 1.20. The molecule has 1 aliphatic heterocycles. The number of hydrogen-bond donors (Lipinski definition) is 0. The van der Waals surface area contributed by atoms with E-state index in [0.29, 0.717) is 34.2 Å². The van der Waals surface area contributed by atoms with Crippen molar-refractivity contribution in [3.05, 3.63) is 176 Å². The molecule has 9 rings (SSSR count). The molecule has 56 heavy (non-hydrogen) atoms. The lowest BCUT2D eigenvalue weighted by molar-refractivity contribution is 0.330. The molecule has 0 radical (unpaired) electrons. The molecular weight excluding hydrogens is 681 g/mol. The molecule has 274 valence electrons. The van der Waals surface area contributed by atoms with Crippen LogP contribution >= 0.6 is 0 Å². The average Bonchev–Trinajstić information content (AvgIpc) is 3.66. The Balaban J connectivity index is 1.14. The number of allylic oxidation sites excluding steroid dienone is 14. The van der Waals surface area contributed by atoms with Gasteiger partial charge in [0.05, 0.1) is 34.5 Å². The fourth-order valence-corrected chi connectivity index (χ4v) is 10.7. The Labute approximate surface area is 331 Å². The van der Waals surface area contributed by atoms with Crippen molar-refractivity contribution in [1.29, 1.82) is 15.8 Å². The first-order chi connectivity index (χ1) is 27.2. The van der Waals surface area contributed by atoms with Crippen LogP contribution in [0.2, 0.25) is 0 Å². The van der Waals surface area contributed by atoms with E-state index in [-0.39, 0.29) is 23.3 Å². The normalized spacial score (nSPS) is 24.5. The number of fused-ring (bicyclic) bond motifs is 5. The fourth-order valence-electron chi connectivity index (χ4n) is 10.7. The van der Waals surface area contributed by atoms with Crippen LogP contribution in [0.4, 0.5) is 11.4 Å². The summed E-state index contributed by atoms with van der Waals surface area (Å²) in [6.45, 7) is 11.8. The van der Waals surface area contributed by atoms with E-state index in [2.05, 4.69) is 143 Å². The van der Waals surface area contributed by atoms with Crippen molar-refractivity contribution in [2.45, 2.75) is 78.2 Å². The molecule has 3 aromatic carbocycles. The van der Waals surface area contributed by atoms with Gasteiger partial charge in [0.25, 0.3) is 0 Å². The van der Waals surface area contributed by atoms with E-state index in [1.165, 1.54) is 39.0 Å². The highest BCUT2D eigenvalue weighted by Crippen LogP contribution is 2.59.